The highest BCUT2D eigenvalue weighted by Gasteiger charge is 2.32. The number of hydrogen-bond donors (Lipinski definition) is 1. The van der Waals surface area contributed by atoms with E-state index in [0.717, 1.165) is 17.7 Å². The van der Waals surface area contributed by atoms with Gasteiger partial charge in [-0.05, 0) is 19.9 Å². The van der Waals surface area contributed by atoms with Gasteiger partial charge in [-0.2, -0.15) is 5.10 Å². The molecular formula is C17H21N3O3. The summed E-state index contributed by atoms with van der Waals surface area (Å²) >= 11 is 0. The van der Waals surface area contributed by atoms with Crippen LogP contribution in [-0.4, -0.2) is 27.9 Å². The maximum atomic E-state index is 11.9. The van der Waals surface area contributed by atoms with Gasteiger partial charge in [0.2, 0.25) is 5.91 Å². The number of ether oxygens (including phenoxy) is 2. The van der Waals surface area contributed by atoms with Gasteiger partial charge in [0.25, 0.3) is 0 Å². The summed E-state index contributed by atoms with van der Waals surface area (Å²) in [4.78, 5) is 11.9. The van der Waals surface area contributed by atoms with Crippen LogP contribution in [-0.2, 0) is 18.3 Å². The summed E-state index contributed by atoms with van der Waals surface area (Å²) in [6.45, 7) is 4.41. The third kappa shape index (κ3) is 3.64. The lowest BCUT2D eigenvalue weighted by Crippen LogP contribution is -2.24. The molecule has 0 fully saturated rings. The number of nitrogens with one attached hydrogen (secondary N) is 1. The molecule has 2 aromatic rings. The van der Waals surface area contributed by atoms with Crippen LogP contribution in [0, 0.1) is 0 Å². The van der Waals surface area contributed by atoms with E-state index < -0.39 is 0 Å². The molecule has 6 nitrogen and oxygen atoms in total. The molecule has 1 aromatic heterocycles. The number of amides is 1. The fourth-order valence-corrected chi connectivity index (χ4v) is 2.66. The highest BCUT2D eigenvalue weighted by atomic mass is 16.5. The van der Waals surface area contributed by atoms with E-state index in [-0.39, 0.29) is 17.9 Å². The zero-order valence-electron chi connectivity index (χ0n) is 13.6. The Bertz CT molecular complexity index is 722. The van der Waals surface area contributed by atoms with E-state index in [1.165, 1.54) is 0 Å². The third-order valence-electron chi connectivity index (χ3n) is 3.63. The Morgan fingerprint density at radius 3 is 3.04 bits per heavy atom. The summed E-state index contributed by atoms with van der Waals surface area (Å²) in [5, 5.41) is 6.79. The standard InChI is InChI=1S/C17H21N3O3/c1-17(2)9-12-5-4-6-14(16(12)23-17)22-8-7-15(21)19-13-10-18-20(3)11-13/h4-6,10-11H,7-9H2,1-3H3,(H,19,21). The number of fused-ring (bicyclic) bond motifs is 1. The van der Waals surface area contributed by atoms with Gasteiger partial charge in [0, 0.05) is 25.2 Å². The van der Waals surface area contributed by atoms with Gasteiger partial charge in [-0.3, -0.25) is 9.48 Å². The molecule has 0 bridgehead atoms. The summed E-state index contributed by atoms with van der Waals surface area (Å²) in [7, 11) is 1.80. The van der Waals surface area contributed by atoms with Crippen molar-refractivity contribution in [2.24, 2.45) is 7.05 Å². The number of hydrogen-bond acceptors (Lipinski definition) is 4. The van der Waals surface area contributed by atoms with E-state index >= 15 is 0 Å². The van der Waals surface area contributed by atoms with E-state index in [9.17, 15) is 4.79 Å². The number of benzene rings is 1. The summed E-state index contributed by atoms with van der Waals surface area (Å²) in [6, 6.07) is 5.87. The predicted molar refractivity (Wildman–Crippen MR) is 86.8 cm³/mol. The van der Waals surface area contributed by atoms with Crippen molar-refractivity contribution in [2.75, 3.05) is 11.9 Å². The van der Waals surface area contributed by atoms with Crippen molar-refractivity contribution in [1.82, 2.24) is 9.78 Å². The second kappa shape index (κ2) is 5.95. The number of aromatic nitrogens is 2. The zero-order chi connectivity index (χ0) is 16.4. The summed E-state index contributed by atoms with van der Waals surface area (Å²) < 4.78 is 13.3. The van der Waals surface area contributed by atoms with Crippen molar-refractivity contribution in [3.8, 4) is 11.5 Å². The molecule has 1 N–H and O–H groups in total. The molecule has 1 aromatic carbocycles. The Labute approximate surface area is 135 Å². The van der Waals surface area contributed by atoms with Gasteiger partial charge in [-0.15, -0.1) is 0 Å². The van der Waals surface area contributed by atoms with Crippen molar-refractivity contribution in [1.29, 1.82) is 0 Å². The molecule has 3 rings (SSSR count). The molecule has 2 heterocycles. The topological polar surface area (TPSA) is 65.4 Å². The van der Waals surface area contributed by atoms with Crippen molar-refractivity contribution in [2.45, 2.75) is 32.3 Å². The first kappa shape index (κ1) is 15.4. The first-order chi connectivity index (χ1) is 10.9. The molecule has 0 atom stereocenters. The number of nitrogens with zero attached hydrogens (tertiary/aromatic N) is 2. The van der Waals surface area contributed by atoms with Crippen LogP contribution in [0.25, 0.3) is 0 Å². The Hall–Kier alpha value is -2.50. The van der Waals surface area contributed by atoms with Crippen molar-refractivity contribution < 1.29 is 14.3 Å². The van der Waals surface area contributed by atoms with Gasteiger partial charge in [-0.25, -0.2) is 0 Å². The normalized spacial score (nSPS) is 14.9. The van der Waals surface area contributed by atoms with Crippen molar-refractivity contribution >= 4 is 11.6 Å². The quantitative estimate of drug-likeness (QED) is 0.921. The fourth-order valence-electron chi connectivity index (χ4n) is 2.66. The van der Waals surface area contributed by atoms with E-state index in [2.05, 4.69) is 24.3 Å². The molecular weight excluding hydrogens is 294 g/mol. The van der Waals surface area contributed by atoms with Gasteiger partial charge in [0.05, 0.1) is 24.9 Å². The maximum Gasteiger partial charge on any atom is 0.227 e. The van der Waals surface area contributed by atoms with Gasteiger partial charge >= 0.3 is 0 Å². The van der Waals surface area contributed by atoms with Crippen LogP contribution in [0.5, 0.6) is 11.5 Å². The highest BCUT2D eigenvalue weighted by Crippen LogP contribution is 2.41. The van der Waals surface area contributed by atoms with Crippen LogP contribution in [0.3, 0.4) is 0 Å². The van der Waals surface area contributed by atoms with Gasteiger partial charge in [-0.1, -0.05) is 12.1 Å². The average Bonchev–Trinajstić information content (AvgIpc) is 3.00. The molecule has 0 saturated carbocycles. The minimum absolute atomic E-state index is 0.105. The van der Waals surface area contributed by atoms with Crippen LogP contribution in [0.1, 0.15) is 25.8 Å². The molecule has 0 spiro atoms. The van der Waals surface area contributed by atoms with E-state index in [0.29, 0.717) is 18.0 Å². The van der Waals surface area contributed by atoms with Crippen molar-refractivity contribution in [3.05, 3.63) is 36.2 Å². The number of para-hydroxylation sites is 1. The van der Waals surface area contributed by atoms with Gasteiger partial charge < -0.3 is 14.8 Å². The zero-order valence-corrected chi connectivity index (χ0v) is 13.6. The first-order valence-corrected chi connectivity index (χ1v) is 7.65. The largest absolute Gasteiger partial charge is 0.489 e. The first-order valence-electron chi connectivity index (χ1n) is 7.65. The Kier molecular flexibility index (Phi) is 3.98. The Balaban J connectivity index is 1.54. The van der Waals surface area contributed by atoms with E-state index in [1.807, 2.05) is 18.2 Å². The Morgan fingerprint density at radius 2 is 2.30 bits per heavy atom. The lowest BCUT2D eigenvalue weighted by Gasteiger charge is -2.18. The molecule has 0 radical (unpaired) electrons. The Morgan fingerprint density at radius 1 is 1.48 bits per heavy atom. The predicted octanol–water partition coefficient (Wildman–Crippen LogP) is 2.54. The van der Waals surface area contributed by atoms with Gasteiger partial charge in [0.1, 0.15) is 5.60 Å². The smallest absolute Gasteiger partial charge is 0.227 e. The molecule has 23 heavy (non-hydrogen) atoms. The molecule has 0 unspecified atom stereocenters. The number of carbonyl (C=O) groups excluding carboxylic acids is 1. The number of anilines is 1. The molecule has 0 saturated heterocycles. The average molecular weight is 315 g/mol. The maximum absolute atomic E-state index is 11.9. The van der Waals surface area contributed by atoms with Crippen molar-refractivity contribution in [3.63, 3.8) is 0 Å². The van der Waals surface area contributed by atoms with E-state index in [1.54, 1.807) is 24.1 Å². The van der Waals surface area contributed by atoms with E-state index in [4.69, 9.17) is 9.47 Å². The monoisotopic (exact) mass is 315 g/mol. The fraction of sp³-hybridized carbons (Fsp3) is 0.412. The minimum atomic E-state index is -0.209. The van der Waals surface area contributed by atoms with Gasteiger partial charge in [0.15, 0.2) is 11.5 Å². The van der Waals surface area contributed by atoms with Crippen LogP contribution < -0.4 is 14.8 Å². The van der Waals surface area contributed by atoms with Crippen LogP contribution in [0.2, 0.25) is 0 Å². The third-order valence-corrected chi connectivity index (χ3v) is 3.63. The molecule has 1 aliphatic heterocycles. The molecule has 0 aliphatic carbocycles. The van der Waals surface area contributed by atoms with Crippen LogP contribution in [0.15, 0.2) is 30.6 Å². The SMILES string of the molecule is Cn1cc(NC(=O)CCOc2cccc3c2OC(C)(C)C3)cn1. The number of rotatable bonds is 5. The second-order valence-electron chi connectivity index (χ2n) is 6.33. The lowest BCUT2D eigenvalue weighted by atomic mass is 10.0. The molecule has 1 amide bonds. The number of aryl methyl sites for hydroxylation is 1. The lowest BCUT2D eigenvalue weighted by molar-refractivity contribution is -0.116. The highest BCUT2D eigenvalue weighted by molar-refractivity contribution is 5.90. The summed E-state index contributed by atoms with van der Waals surface area (Å²) in [6.07, 6.45) is 4.49. The minimum Gasteiger partial charge on any atom is -0.489 e. The van der Waals surface area contributed by atoms with Crippen LogP contribution in [0.4, 0.5) is 5.69 Å². The second-order valence-corrected chi connectivity index (χ2v) is 6.33. The summed E-state index contributed by atoms with van der Waals surface area (Å²) in [5.41, 5.74) is 1.62. The molecule has 1 aliphatic rings. The van der Waals surface area contributed by atoms with Crippen LogP contribution >= 0.6 is 0 Å². The number of carbonyl (C=O) groups is 1. The summed E-state index contributed by atoms with van der Waals surface area (Å²) in [5.74, 6) is 1.39. The molecule has 122 valence electrons. The molecule has 6 heteroatoms.